The highest BCUT2D eigenvalue weighted by Gasteiger charge is 2.39. The van der Waals surface area contributed by atoms with Crippen molar-refractivity contribution in [2.45, 2.75) is 19.6 Å². The average molecular weight is 493 g/mol. The van der Waals surface area contributed by atoms with Crippen LogP contribution in [0.4, 0.5) is 11.4 Å². The zero-order chi connectivity index (χ0) is 25.8. The monoisotopic (exact) mass is 492 g/mol. The van der Waals surface area contributed by atoms with E-state index in [4.69, 9.17) is 9.47 Å². The molecule has 1 aliphatic rings. The van der Waals surface area contributed by atoms with Crippen LogP contribution < -0.4 is 14.5 Å². The molecule has 0 saturated carbocycles. The van der Waals surface area contributed by atoms with E-state index in [0.29, 0.717) is 17.9 Å². The van der Waals surface area contributed by atoms with Crippen molar-refractivity contribution in [3.8, 4) is 5.75 Å². The largest absolute Gasteiger partial charge is 0.482 e. The molecule has 0 unspecified atom stereocenters. The van der Waals surface area contributed by atoms with Crippen LogP contribution in [0.5, 0.6) is 5.75 Å². The van der Waals surface area contributed by atoms with Gasteiger partial charge >= 0.3 is 5.97 Å². The summed E-state index contributed by atoms with van der Waals surface area (Å²) in [7, 11) is 1.33. The lowest BCUT2D eigenvalue weighted by molar-refractivity contribution is -0.142. The number of anilines is 2. The van der Waals surface area contributed by atoms with Crippen molar-refractivity contribution >= 4 is 23.3 Å². The molecule has 0 aliphatic carbocycles. The van der Waals surface area contributed by atoms with Gasteiger partial charge in [-0.2, -0.15) is 0 Å². The summed E-state index contributed by atoms with van der Waals surface area (Å²) in [5.74, 6) is -0.00784. The van der Waals surface area contributed by atoms with Gasteiger partial charge in [0, 0.05) is 12.2 Å². The summed E-state index contributed by atoms with van der Waals surface area (Å²) < 4.78 is 10.4. The van der Waals surface area contributed by atoms with Crippen molar-refractivity contribution in [3.05, 3.63) is 125 Å². The van der Waals surface area contributed by atoms with Crippen LogP contribution in [0.15, 0.2) is 103 Å². The van der Waals surface area contributed by atoms with E-state index in [1.807, 2.05) is 96.8 Å². The summed E-state index contributed by atoms with van der Waals surface area (Å²) in [6.07, 6.45) is -0.452. The molecular formula is C31H28N2O4. The third-order valence-corrected chi connectivity index (χ3v) is 6.45. The molecule has 186 valence electrons. The minimum Gasteiger partial charge on any atom is -0.482 e. The summed E-state index contributed by atoms with van der Waals surface area (Å²) in [5, 5.41) is 0. The normalized spacial score (nSPS) is 14.8. The molecule has 0 N–H and O–H groups in total. The van der Waals surface area contributed by atoms with Crippen molar-refractivity contribution in [1.82, 2.24) is 0 Å². The standard InChI is InChI=1S/C31H28N2O4/c1-22-15-17-25(18-16-22)33-30(24-11-8-12-26(19-24)37-21-29(34)36-2)32(20-23-9-4-3-5-10-23)28-14-7-6-13-27(28)31(33)35/h3-19,30H,20-21H2,1-2H3/t30-/m0/s1. The quantitative estimate of drug-likeness (QED) is 0.300. The maximum absolute atomic E-state index is 14.0. The summed E-state index contributed by atoms with van der Waals surface area (Å²) in [6, 6.07) is 33.4. The molecule has 6 nitrogen and oxygen atoms in total. The molecule has 0 radical (unpaired) electrons. The highest BCUT2D eigenvalue weighted by Crippen LogP contribution is 2.42. The van der Waals surface area contributed by atoms with Crippen LogP contribution in [0.25, 0.3) is 0 Å². The number of nitrogens with zero attached hydrogens (tertiary/aromatic N) is 2. The molecule has 1 atom stereocenters. The Hall–Kier alpha value is -4.58. The van der Waals surface area contributed by atoms with Crippen molar-refractivity contribution in [3.63, 3.8) is 0 Å². The molecule has 37 heavy (non-hydrogen) atoms. The highest BCUT2D eigenvalue weighted by molar-refractivity contribution is 6.12. The first-order chi connectivity index (χ1) is 18.0. The van der Waals surface area contributed by atoms with Crippen molar-refractivity contribution in [2.24, 2.45) is 0 Å². The van der Waals surface area contributed by atoms with Gasteiger partial charge in [-0.25, -0.2) is 4.79 Å². The van der Waals surface area contributed by atoms with E-state index in [9.17, 15) is 9.59 Å². The number of benzene rings is 4. The van der Waals surface area contributed by atoms with Gasteiger partial charge in [-0.3, -0.25) is 9.69 Å². The second-order valence-corrected chi connectivity index (χ2v) is 8.95. The first kappa shape index (κ1) is 24.1. The molecule has 0 bridgehead atoms. The highest BCUT2D eigenvalue weighted by atomic mass is 16.6. The Labute approximate surface area is 216 Å². The fraction of sp³-hybridized carbons (Fsp3) is 0.161. The number of amides is 1. The molecular weight excluding hydrogens is 464 g/mol. The van der Waals surface area contributed by atoms with Gasteiger partial charge in [-0.1, -0.05) is 72.3 Å². The van der Waals surface area contributed by atoms with Crippen LogP contribution in [0, 0.1) is 6.92 Å². The van der Waals surface area contributed by atoms with E-state index in [1.54, 1.807) is 6.07 Å². The van der Waals surface area contributed by atoms with Crippen LogP contribution in [0.1, 0.15) is 33.2 Å². The lowest BCUT2D eigenvalue weighted by Crippen LogP contribution is -2.49. The van der Waals surface area contributed by atoms with Crippen LogP contribution in [0.3, 0.4) is 0 Å². The van der Waals surface area contributed by atoms with E-state index in [1.165, 1.54) is 7.11 Å². The zero-order valence-electron chi connectivity index (χ0n) is 20.8. The molecule has 6 heteroatoms. The summed E-state index contributed by atoms with van der Waals surface area (Å²) in [5.41, 5.74) is 5.41. The smallest absolute Gasteiger partial charge is 0.343 e. The number of aryl methyl sites for hydroxylation is 1. The molecule has 0 aromatic heterocycles. The Morgan fingerprint density at radius 3 is 2.35 bits per heavy atom. The van der Waals surface area contributed by atoms with Crippen molar-refractivity contribution in [2.75, 3.05) is 23.5 Å². The maximum Gasteiger partial charge on any atom is 0.343 e. The molecule has 0 saturated heterocycles. The lowest BCUT2D eigenvalue weighted by Gasteiger charge is -2.46. The van der Waals surface area contributed by atoms with Gasteiger partial charge in [-0.15, -0.1) is 0 Å². The third-order valence-electron chi connectivity index (χ3n) is 6.45. The molecule has 0 fully saturated rings. The van der Waals surface area contributed by atoms with Gasteiger partial charge in [0.25, 0.3) is 5.91 Å². The number of para-hydroxylation sites is 1. The van der Waals surface area contributed by atoms with Crippen LogP contribution in [-0.2, 0) is 16.1 Å². The summed E-state index contributed by atoms with van der Waals surface area (Å²) >= 11 is 0. The minimum atomic E-state index is -0.459. The molecule has 4 aromatic rings. The minimum absolute atomic E-state index is 0.0744. The number of hydrogen-bond donors (Lipinski definition) is 0. The average Bonchev–Trinajstić information content (AvgIpc) is 2.94. The molecule has 1 amide bonds. The first-order valence-electron chi connectivity index (χ1n) is 12.1. The second kappa shape index (κ2) is 10.6. The molecule has 1 heterocycles. The SMILES string of the molecule is COC(=O)COc1cccc([C@H]2N(Cc3ccccc3)c3ccccc3C(=O)N2c2ccc(C)cc2)c1. The van der Waals surface area contributed by atoms with E-state index < -0.39 is 12.1 Å². The lowest BCUT2D eigenvalue weighted by atomic mass is 9.98. The fourth-order valence-electron chi connectivity index (χ4n) is 4.63. The predicted octanol–water partition coefficient (Wildman–Crippen LogP) is 5.91. The van der Waals surface area contributed by atoms with Gasteiger partial charge in [0.1, 0.15) is 11.9 Å². The van der Waals surface area contributed by atoms with Crippen LogP contribution in [0.2, 0.25) is 0 Å². The van der Waals surface area contributed by atoms with Crippen LogP contribution in [-0.4, -0.2) is 25.6 Å². The number of methoxy groups -OCH3 is 1. The Morgan fingerprint density at radius 1 is 0.865 bits per heavy atom. The first-order valence-corrected chi connectivity index (χ1v) is 12.1. The number of esters is 1. The molecule has 0 spiro atoms. The number of carbonyl (C=O) groups excluding carboxylic acids is 2. The van der Waals surface area contributed by atoms with Gasteiger partial charge in [-0.05, 0) is 54.4 Å². The van der Waals surface area contributed by atoms with Gasteiger partial charge in [0.2, 0.25) is 0 Å². The molecule has 4 aromatic carbocycles. The fourth-order valence-corrected chi connectivity index (χ4v) is 4.63. The molecule has 5 rings (SSSR count). The Bertz CT molecular complexity index is 1400. The Kier molecular flexibility index (Phi) is 6.90. The van der Waals surface area contributed by atoms with E-state index in [2.05, 4.69) is 17.0 Å². The number of fused-ring (bicyclic) bond motifs is 1. The Morgan fingerprint density at radius 2 is 1.59 bits per heavy atom. The van der Waals surface area contributed by atoms with Gasteiger partial charge in [0.05, 0.1) is 18.4 Å². The Balaban J connectivity index is 1.66. The van der Waals surface area contributed by atoms with Gasteiger partial charge < -0.3 is 14.4 Å². The van der Waals surface area contributed by atoms with Crippen LogP contribution >= 0.6 is 0 Å². The predicted molar refractivity (Wildman–Crippen MR) is 144 cm³/mol. The van der Waals surface area contributed by atoms with Crippen molar-refractivity contribution < 1.29 is 19.1 Å². The number of rotatable bonds is 7. The van der Waals surface area contributed by atoms with E-state index >= 15 is 0 Å². The molecule has 1 aliphatic heterocycles. The zero-order valence-corrected chi connectivity index (χ0v) is 20.8. The number of carbonyl (C=O) groups is 2. The van der Waals surface area contributed by atoms with Crippen molar-refractivity contribution in [1.29, 1.82) is 0 Å². The second-order valence-electron chi connectivity index (χ2n) is 8.95. The third kappa shape index (κ3) is 5.05. The topological polar surface area (TPSA) is 59.1 Å². The summed E-state index contributed by atoms with van der Waals surface area (Å²) in [6.45, 7) is 2.42. The van der Waals surface area contributed by atoms with Gasteiger partial charge in [0.15, 0.2) is 6.61 Å². The summed E-state index contributed by atoms with van der Waals surface area (Å²) in [4.78, 5) is 29.8. The van der Waals surface area contributed by atoms with E-state index in [-0.39, 0.29) is 12.5 Å². The van der Waals surface area contributed by atoms with E-state index in [0.717, 1.165) is 28.1 Å². The maximum atomic E-state index is 14.0. The number of hydrogen-bond acceptors (Lipinski definition) is 5. The number of ether oxygens (including phenoxy) is 2.